The highest BCUT2D eigenvalue weighted by Gasteiger charge is 2.43. The van der Waals surface area contributed by atoms with Crippen molar-refractivity contribution < 1.29 is 38.1 Å². The predicted molar refractivity (Wildman–Crippen MR) is 162 cm³/mol. The van der Waals surface area contributed by atoms with E-state index in [0.29, 0.717) is 6.54 Å². The summed E-state index contributed by atoms with van der Waals surface area (Å²) in [6.07, 6.45) is 1.28. The molecule has 1 heterocycles. The van der Waals surface area contributed by atoms with E-state index < -0.39 is 41.7 Å². The first kappa shape index (κ1) is 37.8. The van der Waals surface area contributed by atoms with Crippen LogP contribution >= 0.6 is 0 Å². The maximum Gasteiger partial charge on any atom is 0.311 e. The summed E-state index contributed by atoms with van der Waals surface area (Å²) in [5.41, 5.74) is -0.641. The number of esters is 2. The van der Waals surface area contributed by atoms with Gasteiger partial charge in [-0.05, 0) is 59.3 Å². The van der Waals surface area contributed by atoms with Gasteiger partial charge >= 0.3 is 11.9 Å². The Morgan fingerprint density at radius 3 is 2.07 bits per heavy atom. The third-order valence-electron chi connectivity index (χ3n) is 8.43. The summed E-state index contributed by atoms with van der Waals surface area (Å²) in [5.74, 6) is -2.20. The number of methoxy groups -OCH3 is 2. The molecule has 42 heavy (non-hydrogen) atoms. The molecule has 0 radical (unpaired) electrons. The van der Waals surface area contributed by atoms with Crippen LogP contribution in [0.1, 0.15) is 94.4 Å². The molecule has 1 saturated heterocycles. The van der Waals surface area contributed by atoms with Crippen molar-refractivity contribution in [3.8, 4) is 0 Å². The van der Waals surface area contributed by atoms with Gasteiger partial charge in [-0.2, -0.15) is 0 Å². The first-order chi connectivity index (χ1) is 19.5. The summed E-state index contributed by atoms with van der Waals surface area (Å²) < 4.78 is 22.4. The number of amides is 2. The van der Waals surface area contributed by atoms with Gasteiger partial charge < -0.3 is 28.7 Å². The van der Waals surface area contributed by atoms with E-state index in [2.05, 4.69) is 0 Å². The molecular weight excluding hydrogens is 540 g/mol. The van der Waals surface area contributed by atoms with Crippen molar-refractivity contribution in [1.29, 1.82) is 0 Å². The van der Waals surface area contributed by atoms with Crippen molar-refractivity contribution >= 4 is 23.8 Å². The lowest BCUT2D eigenvalue weighted by Gasteiger charge is -2.40. The zero-order valence-electron chi connectivity index (χ0n) is 28.2. The van der Waals surface area contributed by atoms with E-state index in [0.717, 1.165) is 19.3 Å². The Balaban J connectivity index is 3.20. The molecule has 7 atom stereocenters. The van der Waals surface area contributed by atoms with Gasteiger partial charge in [0.2, 0.25) is 11.8 Å². The molecule has 0 bridgehead atoms. The van der Waals surface area contributed by atoms with Gasteiger partial charge in [0.15, 0.2) is 0 Å². The van der Waals surface area contributed by atoms with Crippen LogP contribution in [-0.4, -0.2) is 97.9 Å². The second kappa shape index (κ2) is 17.2. The molecule has 0 aromatic carbocycles. The van der Waals surface area contributed by atoms with Gasteiger partial charge in [-0.1, -0.05) is 34.1 Å². The summed E-state index contributed by atoms with van der Waals surface area (Å²) in [6.45, 7) is 17.7. The Morgan fingerprint density at radius 1 is 0.976 bits per heavy atom. The summed E-state index contributed by atoms with van der Waals surface area (Å²) in [4.78, 5) is 56.3. The Morgan fingerprint density at radius 2 is 1.60 bits per heavy atom. The van der Waals surface area contributed by atoms with Gasteiger partial charge in [0, 0.05) is 27.8 Å². The zero-order valence-corrected chi connectivity index (χ0v) is 28.2. The largest absolute Gasteiger partial charge is 0.466 e. The lowest BCUT2D eigenvalue weighted by Crippen LogP contribution is -2.54. The maximum absolute atomic E-state index is 13.9. The van der Waals surface area contributed by atoms with E-state index in [4.69, 9.17) is 18.9 Å². The average molecular weight is 599 g/mol. The first-order valence-corrected chi connectivity index (χ1v) is 15.5. The van der Waals surface area contributed by atoms with E-state index in [-0.39, 0.29) is 55.1 Å². The van der Waals surface area contributed by atoms with E-state index in [1.165, 1.54) is 0 Å². The van der Waals surface area contributed by atoms with Crippen LogP contribution in [0.15, 0.2) is 0 Å². The Labute approximate surface area is 254 Å². The summed E-state index contributed by atoms with van der Waals surface area (Å²) in [7, 11) is 4.86. The normalized spacial score (nSPS) is 19.9. The van der Waals surface area contributed by atoms with Gasteiger partial charge in [0.25, 0.3) is 0 Å². The minimum Gasteiger partial charge on any atom is -0.466 e. The molecule has 10 nitrogen and oxygen atoms in total. The Hall–Kier alpha value is -2.20. The van der Waals surface area contributed by atoms with Crippen LogP contribution in [0.5, 0.6) is 0 Å². The second-order valence-corrected chi connectivity index (χ2v) is 13.0. The molecule has 2 amide bonds. The molecule has 0 N–H and O–H groups in total. The highest BCUT2D eigenvalue weighted by atomic mass is 16.6. The van der Waals surface area contributed by atoms with E-state index >= 15 is 0 Å². The monoisotopic (exact) mass is 598 g/mol. The van der Waals surface area contributed by atoms with Crippen LogP contribution < -0.4 is 0 Å². The van der Waals surface area contributed by atoms with Crippen LogP contribution in [0.25, 0.3) is 0 Å². The lowest BCUT2D eigenvalue weighted by atomic mass is 9.86. The van der Waals surface area contributed by atoms with E-state index in [9.17, 15) is 19.2 Å². The number of likely N-dealkylation sites (N-methyl/N-ethyl adjacent to an activating group) is 1. The van der Waals surface area contributed by atoms with E-state index in [1.54, 1.807) is 65.7 Å². The van der Waals surface area contributed by atoms with Crippen LogP contribution in [0.2, 0.25) is 0 Å². The fourth-order valence-corrected chi connectivity index (χ4v) is 6.00. The van der Waals surface area contributed by atoms with Crippen molar-refractivity contribution in [1.82, 2.24) is 9.80 Å². The summed E-state index contributed by atoms with van der Waals surface area (Å²) in [6, 6.07) is -0.658. The number of hydrogen-bond donors (Lipinski definition) is 0. The highest BCUT2D eigenvalue weighted by molar-refractivity contribution is 5.84. The molecule has 0 unspecified atom stereocenters. The molecule has 244 valence electrons. The fraction of sp³-hybridized carbons (Fsp3) is 0.875. The minimum atomic E-state index is -0.641. The molecule has 1 rings (SSSR count). The number of carbonyl (C=O) groups excluding carboxylic acids is 4. The van der Waals surface area contributed by atoms with Crippen molar-refractivity contribution in [2.75, 3.05) is 34.4 Å². The molecule has 0 saturated carbocycles. The third-order valence-corrected chi connectivity index (χ3v) is 8.43. The number of nitrogens with zero attached hydrogens (tertiary/aromatic N) is 2. The Bertz CT molecular complexity index is 886. The lowest BCUT2D eigenvalue weighted by molar-refractivity contribution is -0.160. The predicted octanol–water partition coefficient (Wildman–Crippen LogP) is 4.47. The number of likely N-dealkylation sites (tertiary alicyclic amines) is 1. The van der Waals surface area contributed by atoms with Gasteiger partial charge in [-0.25, -0.2) is 0 Å². The first-order valence-electron chi connectivity index (χ1n) is 15.5. The molecule has 0 aliphatic carbocycles. The number of rotatable bonds is 16. The summed E-state index contributed by atoms with van der Waals surface area (Å²) >= 11 is 0. The minimum absolute atomic E-state index is 0.0194. The van der Waals surface area contributed by atoms with Crippen LogP contribution in [0, 0.1) is 23.7 Å². The maximum atomic E-state index is 13.9. The molecule has 10 heteroatoms. The van der Waals surface area contributed by atoms with Crippen LogP contribution in [0.3, 0.4) is 0 Å². The number of hydrogen-bond acceptors (Lipinski definition) is 8. The average Bonchev–Trinajstić information content (AvgIpc) is 3.39. The standard InChI is InChI=1S/C32H58N2O8/c1-13-21(5)28(33(10)30(37)23(20(3)4)18-27(36)42-32(7,8)9)25(39-11)19-26(35)34-17-15-16-24(34)29(40-12)22(6)31(38)41-14-2/h20-25,28-29H,13-19H2,1-12H3/t21-,22+,23-,24-,25+,28-,29+/m0/s1. The molecule has 0 aromatic heterocycles. The van der Waals surface area contributed by atoms with Crippen molar-refractivity contribution in [2.24, 2.45) is 23.7 Å². The molecule has 0 spiro atoms. The van der Waals surface area contributed by atoms with Crippen molar-refractivity contribution in [3.63, 3.8) is 0 Å². The Kier molecular flexibility index (Phi) is 15.5. The number of carbonyl (C=O) groups is 4. The fourth-order valence-electron chi connectivity index (χ4n) is 6.00. The third kappa shape index (κ3) is 10.5. The molecule has 1 aliphatic rings. The smallest absolute Gasteiger partial charge is 0.311 e. The van der Waals surface area contributed by atoms with Crippen LogP contribution in [0.4, 0.5) is 0 Å². The summed E-state index contributed by atoms with van der Waals surface area (Å²) in [5, 5.41) is 0. The van der Waals surface area contributed by atoms with Gasteiger partial charge in [-0.15, -0.1) is 0 Å². The van der Waals surface area contributed by atoms with Gasteiger partial charge in [0.1, 0.15) is 5.60 Å². The van der Waals surface area contributed by atoms with E-state index in [1.807, 2.05) is 27.7 Å². The topological polar surface area (TPSA) is 112 Å². The molecule has 1 fully saturated rings. The number of ether oxygens (including phenoxy) is 4. The zero-order chi connectivity index (χ0) is 32.4. The van der Waals surface area contributed by atoms with Gasteiger partial charge in [0.05, 0.1) is 55.6 Å². The van der Waals surface area contributed by atoms with Gasteiger partial charge in [-0.3, -0.25) is 19.2 Å². The molecule has 1 aliphatic heterocycles. The van der Waals surface area contributed by atoms with Crippen molar-refractivity contribution in [3.05, 3.63) is 0 Å². The molecular formula is C32H58N2O8. The SMILES string of the molecule is CCOC(=O)[C@H](C)[C@@H](OC)[C@@H]1CCCN1C(=O)C[C@@H](OC)[C@H]([C@@H](C)CC)N(C)C(=O)[C@@H](CC(=O)OC(C)(C)C)C(C)C. The van der Waals surface area contributed by atoms with Crippen molar-refractivity contribution in [2.45, 2.75) is 124 Å². The molecule has 0 aromatic rings. The van der Waals surface area contributed by atoms with Crippen LogP contribution in [-0.2, 0) is 38.1 Å². The quantitative estimate of drug-likeness (QED) is 0.239. The highest BCUT2D eigenvalue weighted by Crippen LogP contribution is 2.30. The second-order valence-electron chi connectivity index (χ2n) is 13.0.